The number of carbonyl (C=O) groups excluding carboxylic acids is 1. The summed E-state index contributed by atoms with van der Waals surface area (Å²) in [5.41, 5.74) is 4.52. The highest BCUT2D eigenvalue weighted by molar-refractivity contribution is 6.12. The van der Waals surface area contributed by atoms with Crippen LogP contribution < -0.4 is 10.1 Å². The fourth-order valence-corrected chi connectivity index (χ4v) is 2.54. The van der Waals surface area contributed by atoms with E-state index in [4.69, 9.17) is 4.74 Å². The van der Waals surface area contributed by atoms with E-state index in [-0.39, 0.29) is 5.91 Å². The minimum atomic E-state index is -0.128. The second-order valence-electron chi connectivity index (χ2n) is 5.29. The second kappa shape index (κ2) is 5.56. The highest BCUT2D eigenvalue weighted by Gasteiger charge is 2.14. The molecule has 2 N–H and O–H groups in total. The van der Waals surface area contributed by atoms with Crippen LogP contribution in [0.1, 0.15) is 21.6 Å². The molecule has 0 fully saturated rings. The molecule has 0 aliphatic rings. The predicted octanol–water partition coefficient (Wildman–Crippen LogP) is 4.05. The summed E-state index contributed by atoms with van der Waals surface area (Å²) in [6, 6.07) is 13.0. The molecule has 0 unspecified atom stereocenters. The van der Waals surface area contributed by atoms with Crippen LogP contribution in [0.4, 0.5) is 5.69 Å². The van der Waals surface area contributed by atoms with Gasteiger partial charge in [0.25, 0.3) is 5.91 Å². The van der Waals surface area contributed by atoms with Gasteiger partial charge in [-0.2, -0.15) is 0 Å². The van der Waals surface area contributed by atoms with E-state index in [2.05, 4.69) is 17.2 Å². The predicted molar refractivity (Wildman–Crippen MR) is 88.7 cm³/mol. The Morgan fingerprint density at radius 3 is 2.50 bits per heavy atom. The molecule has 0 bridgehead atoms. The quantitative estimate of drug-likeness (QED) is 0.765. The smallest absolute Gasteiger partial charge is 0.257 e. The molecule has 0 aliphatic carbocycles. The molecule has 1 amide bonds. The number of hydrogen-bond donors (Lipinski definition) is 2. The summed E-state index contributed by atoms with van der Waals surface area (Å²) >= 11 is 0. The summed E-state index contributed by atoms with van der Waals surface area (Å²) in [5, 5.41) is 4.00. The van der Waals surface area contributed by atoms with Crippen molar-refractivity contribution in [3.63, 3.8) is 0 Å². The SMILES string of the molecule is COc1ccc(NC(=O)c2cccc3c(C)c(C)[nH]c23)cc1. The number of methoxy groups -OCH3 is 1. The largest absolute Gasteiger partial charge is 0.497 e. The molecular weight excluding hydrogens is 276 g/mol. The highest BCUT2D eigenvalue weighted by atomic mass is 16.5. The zero-order valence-electron chi connectivity index (χ0n) is 12.9. The van der Waals surface area contributed by atoms with Crippen molar-refractivity contribution in [3.8, 4) is 5.75 Å². The first-order valence-corrected chi connectivity index (χ1v) is 7.13. The van der Waals surface area contributed by atoms with Gasteiger partial charge in [-0.15, -0.1) is 0 Å². The third-order valence-corrected chi connectivity index (χ3v) is 3.94. The standard InChI is InChI=1S/C18H18N2O2/c1-11-12(2)19-17-15(11)5-4-6-16(17)18(21)20-13-7-9-14(22-3)10-8-13/h4-10,19H,1-3H3,(H,20,21). The summed E-state index contributed by atoms with van der Waals surface area (Å²) in [4.78, 5) is 15.8. The van der Waals surface area contributed by atoms with Crippen LogP contribution in [0, 0.1) is 13.8 Å². The van der Waals surface area contributed by atoms with Gasteiger partial charge < -0.3 is 15.0 Å². The molecule has 2 aromatic carbocycles. The molecule has 1 heterocycles. The normalized spacial score (nSPS) is 10.7. The summed E-state index contributed by atoms with van der Waals surface area (Å²) < 4.78 is 5.11. The maximum atomic E-state index is 12.5. The van der Waals surface area contributed by atoms with Gasteiger partial charge in [-0.25, -0.2) is 0 Å². The van der Waals surface area contributed by atoms with Crippen molar-refractivity contribution in [1.82, 2.24) is 4.98 Å². The van der Waals surface area contributed by atoms with Crippen molar-refractivity contribution in [2.45, 2.75) is 13.8 Å². The van der Waals surface area contributed by atoms with Gasteiger partial charge in [-0.1, -0.05) is 12.1 Å². The van der Waals surface area contributed by atoms with Crippen LogP contribution in [-0.2, 0) is 0 Å². The number of anilines is 1. The Morgan fingerprint density at radius 1 is 1.09 bits per heavy atom. The first-order valence-electron chi connectivity index (χ1n) is 7.13. The maximum Gasteiger partial charge on any atom is 0.257 e. The molecule has 112 valence electrons. The van der Waals surface area contributed by atoms with Gasteiger partial charge in [-0.3, -0.25) is 4.79 Å². The third kappa shape index (κ3) is 2.44. The monoisotopic (exact) mass is 294 g/mol. The van der Waals surface area contributed by atoms with E-state index in [9.17, 15) is 4.79 Å². The van der Waals surface area contributed by atoms with E-state index in [1.165, 1.54) is 5.56 Å². The minimum Gasteiger partial charge on any atom is -0.497 e. The van der Waals surface area contributed by atoms with Crippen LogP contribution in [-0.4, -0.2) is 18.0 Å². The number of rotatable bonds is 3. The number of ether oxygens (including phenoxy) is 1. The average Bonchev–Trinajstić information content (AvgIpc) is 2.83. The zero-order chi connectivity index (χ0) is 15.7. The molecule has 0 atom stereocenters. The first kappa shape index (κ1) is 14.2. The molecule has 4 heteroatoms. The van der Waals surface area contributed by atoms with Gasteiger partial charge in [0.2, 0.25) is 0 Å². The third-order valence-electron chi connectivity index (χ3n) is 3.94. The topological polar surface area (TPSA) is 54.1 Å². The van der Waals surface area contributed by atoms with Gasteiger partial charge in [0.15, 0.2) is 0 Å². The molecule has 0 radical (unpaired) electrons. The number of benzene rings is 2. The van der Waals surface area contributed by atoms with E-state index >= 15 is 0 Å². The number of carbonyl (C=O) groups is 1. The lowest BCUT2D eigenvalue weighted by atomic mass is 10.1. The summed E-state index contributed by atoms with van der Waals surface area (Å²) in [7, 11) is 1.62. The summed E-state index contributed by atoms with van der Waals surface area (Å²) in [6.45, 7) is 4.07. The molecule has 0 spiro atoms. The Labute approximate surface area is 129 Å². The number of aryl methyl sites for hydroxylation is 2. The van der Waals surface area contributed by atoms with Gasteiger partial charge in [-0.05, 0) is 49.7 Å². The molecule has 22 heavy (non-hydrogen) atoms. The fraction of sp³-hybridized carbons (Fsp3) is 0.167. The van der Waals surface area contributed by atoms with Crippen LogP contribution in [0.3, 0.4) is 0 Å². The van der Waals surface area contributed by atoms with Crippen LogP contribution in [0.2, 0.25) is 0 Å². The number of H-pyrrole nitrogens is 1. The van der Waals surface area contributed by atoms with Crippen LogP contribution in [0.25, 0.3) is 10.9 Å². The van der Waals surface area contributed by atoms with Gasteiger partial charge in [0.1, 0.15) is 5.75 Å². The number of aromatic amines is 1. The summed E-state index contributed by atoms with van der Waals surface area (Å²) in [6.07, 6.45) is 0. The lowest BCUT2D eigenvalue weighted by molar-refractivity contribution is 0.102. The van der Waals surface area contributed by atoms with Crippen molar-refractivity contribution in [2.24, 2.45) is 0 Å². The molecule has 1 aromatic heterocycles. The maximum absolute atomic E-state index is 12.5. The van der Waals surface area contributed by atoms with Crippen molar-refractivity contribution in [3.05, 3.63) is 59.3 Å². The Bertz CT molecular complexity index is 832. The fourth-order valence-electron chi connectivity index (χ4n) is 2.54. The van der Waals surface area contributed by atoms with E-state index < -0.39 is 0 Å². The molecule has 3 aromatic rings. The number of nitrogens with one attached hydrogen (secondary N) is 2. The van der Waals surface area contributed by atoms with Gasteiger partial charge in [0.05, 0.1) is 18.2 Å². The van der Waals surface area contributed by atoms with E-state index in [1.807, 2.05) is 49.4 Å². The Hall–Kier alpha value is -2.75. The molecular formula is C18H18N2O2. The number of fused-ring (bicyclic) bond motifs is 1. The lowest BCUT2D eigenvalue weighted by Crippen LogP contribution is -2.12. The lowest BCUT2D eigenvalue weighted by Gasteiger charge is -2.07. The van der Waals surface area contributed by atoms with Crippen molar-refractivity contribution < 1.29 is 9.53 Å². The molecule has 3 rings (SSSR count). The Kier molecular flexibility index (Phi) is 3.59. The molecule has 0 saturated carbocycles. The van der Waals surface area contributed by atoms with Crippen molar-refractivity contribution in [1.29, 1.82) is 0 Å². The highest BCUT2D eigenvalue weighted by Crippen LogP contribution is 2.25. The van der Waals surface area contributed by atoms with Crippen molar-refractivity contribution >= 4 is 22.5 Å². The van der Waals surface area contributed by atoms with Crippen molar-refractivity contribution in [2.75, 3.05) is 12.4 Å². The van der Waals surface area contributed by atoms with Crippen LogP contribution >= 0.6 is 0 Å². The van der Waals surface area contributed by atoms with Gasteiger partial charge in [0, 0.05) is 16.8 Å². The van der Waals surface area contributed by atoms with Gasteiger partial charge >= 0.3 is 0 Å². The first-order chi connectivity index (χ1) is 10.6. The number of aromatic nitrogens is 1. The number of amides is 1. The molecule has 4 nitrogen and oxygen atoms in total. The number of hydrogen-bond acceptors (Lipinski definition) is 2. The summed E-state index contributed by atoms with van der Waals surface area (Å²) in [5.74, 6) is 0.632. The Morgan fingerprint density at radius 2 is 1.82 bits per heavy atom. The minimum absolute atomic E-state index is 0.128. The van der Waals surface area contributed by atoms with E-state index in [0.717, 1.165) is 28.0 Å². The Balaban J connectivity index is 1.93. The molecule has 0 saturated heterocycles. The average molecular weight is 294 g/mol. The zero-order valence-corrected chi connectivity index (χ0v) is 12.9. The number of para-hydroxylation sites is 1. The van der Waals surface area contributed by atoms with E-state index in [1.54, 1.807) is 7.11 Å². The van der Waals surface area contributed by atoms with E-state index in [0.29, 0.717) is 5.56 Å². The second-order valence-corrected chi connectivity index (χ2v) is 5.29. The molecule has 0 aliphatic heterocycles. The van der Waals surface area contributed by atoms with Crippen LogP contribution in [0.15, 0.2) is 42.5 Å². The van der Waals surface area contributed by atoms with Crippen LogP contribution in [0.5, 0.6) is 5.75 Å².